The molecule has 2 aromatic carbocycles. The van der Waals surface area contributed by atoms with Crippen LogP contribution >= 0.6 is 11.3 Å². The molecule has 0 bridgehead atoms. The normalized spacial score (nSPS) is 13.1. The predicted octanol–water partition coefficient (Wildman–Crippen LogP) is 3.90. The van der Waals surface area contributed by atoms with Crippen molar-refractivity contribution in [2.75, 3.05) is 11.9 Å². The summed E-state index contributed by atoms with van der Waals surface area (Å²) in [6.07, 6.45) is 1.96. The van der Waals surface area contributed by atoms with E-state index in [0.717, 1.165) is 28.5 Å². The van der Waals surface area contributed by atoms with Gasteiger partial charge in [-0.3, -0.25) is 9.59 Å². The second-order valence-corrected chi connectivity index (χ2v) is 8.02. The van der Waals surface area contributed by atoms with E-state index in [1.54, 1.807) is 24.3 Å². The molecule has 2 amide bonds. The Bertz CT molecular complexity index is 1100. The SMILES string of the molecule is Cc1c(C(=O)OCC(=O)Nc2ccccc2C(=O)NC2CC2)sc2ccccc12. The summed E-state index contributed by atoms with van der Waals surface area (Å²) in [5.74, 6) is -1.25. The summed E-state index contributed by atoms with van der Waals surface area (Å²) >= 11 is 1.35. The van der Waals surface area contributed by atoms with E-state index in [0.29, 0.717) is 16.1 Å². The largest absolute Gasteiger partial charge is 0.451 e. The molecule has 0 atom stereocenters. The minimum Gasteiger partial charge on any atom is -0.451 e. The quantitative estimate of drug-likeness (QED) is 0.606. The number of carbonyl (C=O) groups excluding carboxylic acids is 3. The van der Waals surface area contributed by atoms with Crippen molar-refractivity contribution < 1.29 is 19.1 Å². The lowest BCUT2D eigenvalue weighted by atomic mass is 10.1. The topological polar surface area (TPSA) is 84.5 Å². The fourth-order valence-corrected chi connectivity index (χ4v) is 4.14. The van der Waals surface area contributed by atoms with Gasteiger partial charge < -0.3 is 15.4 Å². The van der Waals surface area contributed by atoms with E-state index >= 15 is 0 Å². The zero-order chi connectivity index (χ0) is 20.4. The predicted molar refractivity (Wildman–Crippen MR) is 112 cm³/mol. The number of esters is 1. The van der Waals surface area contributed by atoms with Crippen molar-refractivity contribution >= 4 is 44.9 Å². The Kier molecular flexibility index (Phi) is 5.31. The van der Waals surface area contributed by atoms with Gasteiger partial charge in [-0.15, -0.1) is 11.3 Å². The lowest BCUT2D eigenvalue weighted by molar-refractivity contribution is -0.119. The molecule has 0 spiro atoms. The van der Waals surface area contributed by atoms with E-state index in [1.165, 1.54) is 11.3 Å². The average Bonchev–Trinajstić information content (AvgIpc) is 3.48. The van der Waals surface area contributed by atoms with E-state index < -0.39 is 18.5 Å². The van der Waals surface area contributed by atoms with Crippen LogP contribution in [-0.4, -0.2) is 30.4 Å². The van der Waals surface area contributed by atoms with Crippen LogP contribution in [0.25, 0.3) is 10.1 Å². The third kappa shape index (κ3) is 4.30. The van der Waals surface area contributed by atoms with Gasteiger partial charge in [-0.05, 0) is 48.9 Å². The maximum atomic E-state index is 12.4. The standard InChI is InChI=1S/C22H20N2O4S/c1-13-15-6-3-5-9-18(15)29-20(13)22(27)28-12-19(25)24-17-8-4-2-7-16(17)21(26)23-14-10-11-14/h2-9,14H,10-12H2,1H3,(H,23,26)(H,24,25). The molecule has 0 saturated heterocycles. The zero-order valence-electron chi connectivity index (χ0n) is 15.9. The second-order valence-electron chi connectivity index (χ2n) is 6.97. The van der Waals surface area contributed by atoms with Gasteiger partial charge in [-0.25, -0.2) is 4.79 Å². The van der Waals surface area contributed by atoms with E-state index in [1.807, 2.05) is 31.2 Å². The number of para-hydroxylation sites is 1. The first-order valence-corrected chi connectivity index (χ1v) is 10.2. The number of nitrogens with one attached hydrogen (secondary N) is 2. The molecular weight excluding hydrogens is 388 g/mol. The van der Waals surface area contributed by atoms with Crippen molar-refractivity contribution in [3.8, 4) is 0 Å². The lowest BCUT2D eigenvalue weighted by Crippen LogP contribution is -2.28. The Morgan fingerprint density at radius 1 is 1.07 bits per heavy atom. The van der Waals surface area contributed by atoms with Gasteiger partial charge in [-0.1, -0.05) is 30.3 Å². The highest BCUT2D eigenvalue weighted by atomic mass is 32.1. The maximum Gasteiger partial charge on any atom is 0.349 e. The fourth-order valence-electron chi connectivity index (χ4n) is 3.03. The molecule has 4 rings (SSSR count). The average molecular weight is 408 g/mol. The molecule has 0 aliphatic heterocycles. The van der Waals surface area contributed by atoms with Gasteiger partial charge in [0.2, 0.25) is 0 Å². The van der Waals surface area contributed by atoms with Crippen molar-refractivity contribution in [1.29, 1.82) is 0 Å². The van der Waals surface area contributed by atoms with Crippen LogP contribution in [0.1, 0.15) is 38.4 Å². The van der Waals surface area contributed by atoms with Crippen LogP contribution in [0, 0.1) is 6.92 Å². The van der Waals surface area contributed by atoms with Crippen molar-refractivity contribution in [2.45, 2.75) is 25.8 Å². The van der Waals surface area contributed by atoms with Crippen molar-refractivity contribution in [1.82, 2.24) is 5.32 Å². The summed E-state index contributed by atoms with van der Waals surface area (Å²) in [4.78, 5) is 37.6. The third-order valence-corrected chi connectivity index (χ3v) is 5.97. The van der Waals surface area contributed by atoms with Gasteiger partial charge in [0.15, 0.2) is 6.61 Å². The van der Waals surface area contributed by atoms with Gasteiger partial charge in [0.05, 0.1) is 11.3 Å². The molecule has 0 radical (unpaired) electrons. The summed E-state index contributed by atoms with van der Waals surface area (Å²) in [6.45, 7) is 1.44. The van der Waals surface area contributed by atoms with Crippen LogP contribution in [0.2, 0.25) is 0 Å². The highest BCUT2D eigenvalue weighted by Gasteiger charge is 2.25. The van der Waals surface area contributed by atoms with Crippen molar-refractivity contribution in [3.63, 3.8) is 0 Å². The molecular formula is C22H20N2O4S. The zero-order valence-corrected chi connectivity index (χ0v) is 16.7. The summed E-state index contributed by atoms with van der Waals surface area (Å²) in [5.41, 5.74) is 1.63. The number of benzene rings is 2. The third-order valence-electron chi connectivity index (χ3n) is 4.72. The highest BCUT2D eigenvalue weighted by Crippen LogP contribution is 2.31. The molecule has 29 heavy (non-hydrogen) atoms. The van der Waals surface area contributed by atoms with Crippen LogP contribution in [0.15, 0.2) is 48.5 Å². The molecule has 1 aliphatic carbocycles. The lowest BCUT2D eigenvalue weighted by Gasteiger charge is -2.11. The Labute approximate surface area is 171 Å². The number of aryl methyl sites for hydroxylation is 1. The molecule has 6 nitrogen and oxygen atoms in total. The van der Waals surface area contributed by atoms with E-state index in [9.17, 15) is 14.4 Å². The maximum absolute atomic E-state index is 12.4. The summed E-state index contributed by atoms with van der Waals surface area (Å²) in [5, 5.41) is 6.56. The molecule has 1 heterocycles. The van der Waals surface area contributed by atoms with Gasteiger partial charge in [0.1, 0.15) is 4.88 Å². The molecule has 2 N–H and O–H groups in total. The number of hydrogen-bond donors (Lipinski definition) is 2. The van der Waals surface area contributed by atoms with Crippen LogP contribution in [0.4, 0.5) is 5.69 Å². The molecule has 148 valence electrons. The van der Waals surface area contributed by atoms with Gasteiger partial charge >= 0.3 is 5.97 Å². The number of hydrogen-bond acceptors (Lipinski definition) is 5. The van der Waals surface area contributed by atoms with Crippen LogP contribution in [0.5, 0.6) is 0 Å². The van der Waals surface area contributed by atoms with Crippen LogP contribution < -0.4 is 10.6 Å². The first kappa shape index (κ1) is 19.1. The van der Waals surface area contributed by atoms with E-state index in [4.69, 9.17) is 4.74 Å². The minimum absolute atomic E-state index is 0.219. The first-order valence-electron chi connectivity index (χ1n) is 9.38. The Morgan fingerprint density at radius 3 is 2.55 bits per heavy atom. The molecule has 1 aromatic heterocycles. The highest BCUT2D eigenvalue weighted by molar-refractivity contribution is 7.21. The number of carbonyl (C=O) groups is 3. The smallest absolute Gasteiger partial charge is 0.349 e. The second kappa shape index (κ2) is 8.05. The number of ether oxygens (including phenoxy) is 1. The Balaban J connectivity index is 1.39. The van der Waals surface area contributed by atoms with E-state index in [-0.39, 0.29) is 11.9 Å². The molecule has 3 aromatic rings. The molecule has 1 saturated carbocycles. The van der Waals surface area contributed by atoms with Crippen molar-refractivity contribution in [2.24, 2.45) is 0 Å². The Morgan fingerprint density at radius 2 is 1.79 bits per heavy atom. The fraction of sp³-hybridized carbons (Fsp3) is 0.227. The Hall–Kier alpha value is -3.19. The number of anilines is 1. The number of thiophene rings is 1. The van der Waals surface area contributed by atoms with Gasteiger partial charge in [0.25, 0.3) is 11.8 Å². The molecule has 7 heteroatoms. The molecule has 0 unspecified atom stereocenters. The molecule has 1 aliphatic rings. The number of amides is 2. The number of fused-ring (bicyclic) bond motifs is 1. The summed E-state index contributed by atoms with van der Waals surface area (Å²) < 4.78 is 6.20. The summed E-state index contributed by atoms with van der Waals surface area (Å²) in [6, 6.07) is 14.7. The van der Waals surface area contributed by atoms with Crippen LogP contribution in [-0.2, 0) is 9.53 Å². The van der Waals surface area contributed by atoms with Crippen molar-refractivity contribution in [3.05, 3.63) is 64.5 Å². The van der Waals surface area contributed by atoms with Gasteiger partial charge in [-0.2, -0.15) is 0 Å². The minimum atomic E-state index is -0.529. The van der Waals surface area contributed by atoms with E-state index in [2.05, 4.69) is 10.6 Å². The first-order chi connectivity index (χ1) is 14.0. The monoisotopic (exact) mass is 408 g/mol. The van der Waals surface area contributed by atoms with Gasteiger partial charge in [0, 0.05) is 10.7 Å². The number of rotatable bonds is 6. The summed E-state index contributed by atoms with van der Waals surface area (Å²) in [7, 11) is 0. The van der Waals surface area contributed by atoms with Crippen LogP contribution in [0.3, 0.4) is 0 Å². The molecule has 1 fully saturated rings.